The van der Waals surface area contributed by atoms with Crippen LogP contribution >= 0.6 is 0 Å². The van der Waals surface area contributed by atoms with Gasteiger partial charge in [-0.2, -0.15) is 0 Å². The molecule has 0 aliphatic heterocycles. The van der Waals surface area contributed by atoms with E-state index in [1.165, 1.54) is 22.1 Å². The third-order valence-corrected chi connectivity index (χ3v) is 6.44. The second kappa shape index (κ2) is 12.0. The minimum Gasteiger partial charge on any atom is -0.501 e. The van der Waals surface area contributed by atoms with E-state index in [4.69, 9.17) is 4.42 Å². The number of aromatic nitrogens is 2. The van der Waals surface area contributed by atoms with Crippen LogP contribution in [0.4, 0.5) is 0 Å². The fourth-order valence-corrected chi connectivity index (χ4v) is 4.62. The summed E-state index contributed by atoms with van der Waals surface area (Å²) in [5.74, 6) is 0. The zero-order valence-electron chi connectivity index (χ0n) is 21.3. The van der Waals surface area contributed by atoms with Gasteiger partial charge in [0.15, 0.2) is 0 Å². The molecule has 0 fully saturated rings. The summed E-state index contributed by atoms with van der Waals surface area (Å²) >= 11 is 0. The molecule has 3 aromatic heterocycles. The van der Waals surface area contributed by atoms with Crippen molar-refractivity contribution in [1.82, 2.24) is 9.97 Å². The molecule has 7 aromatic rings. The smallest absolute Gasteiger partial charge is 0.121 e. The van der Waals surface area contributed by atoms with Crippen LogP contribution in [0.1, 0.15) is 5.56 Å². The number of aryl methyl sites for hydroxylation is 1. The van der Waals surface area contributed by atoms with E-state index in [2.05, 4.69) is 65.4 Å². The van der Waals surface area contributed by atoms with E-state index in [1.807, 2.05) is 78.9 Å². The normalized spacial score (nSPS) is 10.5. The van der Waals surface area contributed by atoms with Gasteiger partial charge in [-0.1, -0.05) is 77.7 Å². The van der Waals surface area contributed by atoms with Crippen LogP contribution in [0.25, 0.3) is 55.6 Å². The van der Waals surface area contributed by atoms with Crippen molar-refractivity contribution in [2.24, 2.45) is 0 Å². The Morgan fingerprint density at radius 2 is 1.36 bits per heavy atom. The minimum absolute atomic E-state index is 0. The van der Waals surface area contributed by atoms with Gasteiger partial charge in [-0.3, -0.25) is 0 Å². The van der Waals surface area contributed by atoms with Gasteiger partial charge in [-0.15, -0.1) is 53.6 Å². The third-order valence-electron chi connectivity index (χ3n) is 6.44. The van der Waals surface area contributed by atoms with Crippen LogP contribution in [-0.4, -0.2) is 9.97 Å². The fraction of sp³-hybridized carbons (Fsp3) is 0.0286. The van der Waals surface area contributed by atoms with E-state index in [0.717, 1.165) is 39.1 Å². The minimum atomic E-state index is 0. The van der Waals surface area contributed by atoms with Gasteiger partial charge >= 0.3 is 0 Å². The number of hydrogen-bond donors (Lipinski definition) is 0. The molecule has 1 radical (unpaired) electrons. The molecule has 39 heavy (non-hydrogen) atoms. The molecular weight excluding hydrogens is 657 g/mol. The van der Waals surface area contributed by atoms with Crippen molar-refractivity contribution in [2.75, 3.05) is 0 Å². The maximum absolute atomic E-state index is 6.05. The summed E-state index contributed by atoms with van der Waals surface area (Å²) in [4.78, 5) is 8.75. The van der Waals surface area contributed by atoms with Crippen LogP contribution < -0.4 is 0 Å². The van der Waals surface area contributed by atoms with Crippen molar-refractivity contribution in [1.29, 1.82) is 0 Å². The molecule has 4 heteroatoms. The van der Waals surface area contributed by atoms with Gasteiger partial charge in [0.1, 0.15) is 5.58 Å². The Morgan fingerprint density at radius 3 is 2.10 bits per heavy atom. The zero-order chi connectivity index (χ0) is 25.7. The van der Waals surface area contributed by atoms with Crippen LogP contribution in [0.15, 0.2) is 132 Å². The number of nitrogens with zero attached hydrogens (tertiary/aromatic N) is 2. The Hall–Kier alpha value is -4.37. The molecule has 191 valence electrons. The SMILES string of the molecule is Cc1cccc2oc3c(-c4ccccn4)[c-]ccc3c12.[Ir].[c-]1ccc(-c2ccccc2)cc1-c1ccccn1. The van der Waals surface area contributed by atoms with E-state index in [9.17, 15) is 0 Å². The van der Waals surface area contributed by atoms with Crippen molar-refractivity contribution < 1.29 is 24.5 Å². The van der Waals surface area contributed by atoms with Gasteiger partial charge in [0.2, 0.25) is 0 Å². The van der Waals surface area contributed by atoms with E-state index in [1.54, 1.807) is 12.4 Å². The van der Waals surface area contributed by atoms with Crippen molar-refractivity contribution in [3.05, 3.63) is 145 Å². The molecule has 4 aromatic carbocycles. The van der Waals surface area contributed by atoms with Crippen LogP contribution in [0.3, 0.4) is 0 Å². The quantitative estimate of drug-likeness (QED) is 0.175. The first-order valence-corrected chi connectivity index (χ1v) is 12.5. The molecule has 0 atom stereocenters. The van der Waals surface area contributed by atoms with E-state index < -0.39 is 0 Å². The van der Waals surface area contributed by atoms with Crippen LogP contribution in [0.5, 0.6) is 0 Å². The van der Waals surface area contributed by atoms with Crippen LogP contribution in [0.2, 0.25) is 0 Å². The summed E-state index contributed by atoms with van der Waals surface area (Å²) in [5, 5.41) is 2.30. The standard InChI is InChI=1S/C18H12NO.C17H12N.Ir/c1-12-6-4-10-16-17(12)14-8-5-7-13(18(14)20-16)15-9-2-3-11-19-15;1-2-7-14(8-3-1)15-9-6-10-16(13-15)17-11-4-5-12-18-17;/h2-6,8-11H,1H3;1-9,11-13H;/q2*-1;. The maximum Gasteiger partial charge on any atom is 0.121 e. The first-order chi connectivity index (χ1) is 18.8. The van der Waals surface area contributed by atoms with Crippen LogP contribution in [0, 0.1) is 19.1 Å². The molecular formula is C35H24IrN2O-2. The predicted octanol–water partition coefficient (Wildman–Crippen LogP) is 8.97. The summed E-state index contributed by atoms with van der Waals surface area (Å²) < 4.78 is 6.05. The number of fused-ring (bicyclic) bond motifs is 3. The van der Waals surface area contributed by atoms with Crippen molar-refractivity contribution >= 4 is 21.9 Å². The average molecular weight is 681 g/mol. The maximum atomic E-state index is 6.05. The molecule has 0 unspecified atom stereocenters. The van der Waals surface area contributed by atoms with Gasteiger partial charge < -0.3 is 14.4 Å². The summed E-state index contributed by atoms with van der Waals surface area (Å²) in [7, 11) is 0. The van der Waals surface area contributed by atoms with Crippen molar-refractivity contribution in [3.63, 3.8) is 0 Å². The fourth-order valence-electron chi connectivity index (χ4n) is 4.62. The molecule has 0 bridgehead atoms. The summed E-state index contributed by atoms with van der Waals surface area (Å²) in [6, 6.07) is 44.9. The van der Waals surface area contributed by atoms with E-state index >= 15 is 0 Å². The molecule has 0 amide bonds. The Morgan fingerprint density at radius 1 is 0.641 bits per heavy atom. The molecule has 0 spiro atoms. The van der Waals surface area contributed by atoms with Gasteiger partial charge in [0.25, 0.3) is 0 Å². The second-order valence-electron chi connectivity index (χ2n) is 8.93. The Bertz CT molecular complexity index is 1760. The molecule has 0 aliphatic carbocycles. The molecule has 3 heterocycles. The van der Waals surface area contributed by atoms with Crippen molar-refractivity contribution in [2.45, 2.75) is 6.92 Å². The Kier molecular flexibility index (Phi) is 8.07. The molecule has 0 saturated carbocycles. The van der Waals surface area contributed by atoms with Gasteiger partial charge in [-0.05, 0) is 47.6 Å². The topological polar surface area (TPSA) is 38.9 Å². The summed E-state index contributed by atoms with van der Waals surface area (Å²) in [6.07, 6.45) is 3.59. The zero-order valence-corrected chi connectivity index (χ0v) is 23.7. The molecule has 7 rings (SSSR count). The van der Waals surface area contributed by atoms with Crippen molar-refractivity contribution in [3.8, 4) is 33.6 Å². The first-order valence-electron chi connectivity index (χ1n) is 12.5. The molecule has 3 nitrogen and oxygen atoms in total. The molecule has 0 saturated heterocycles. The largest absolute Gasteiger partial charge is 0.501 e. The van der Waals surface area contributed by atoms with E-state index in [-0.39, 0.29) is 20.1 Å². The van der Waals surface area contributed by atoms with Gasteiger partial charge in [-0.25, -0.2) is 0 Å². The molecule has 0 N–H and O–H groups in total. The number of rotatable bonds is 3. The summed E-state index contributed by atoms with van der Waals surface area (Å²) in [6.45, 7) is 2.11. The third kappa shape index (κ3) is 5.58. The summed E-state index contributed by atoms with van der Waals surface area (Å²) in [5.41, 5.74) is 9.17. The first kappa shape index (κ1) is 26.2. The number of furan rings is 1. The van der Waals surface area contributed by atoms with Gasteiger partial charge in [0.05, 0.1) is 5.58 Å². The van der Waals surface area contributed by atoms with Gasteiger partial charge in [0, 0.05) is 37.9 Å². The second-order valence-corrected chi connectivity index (χ2v) is 8.93. The Balaban J connectivity index is 0.000000155. The molecule has 0 aliphatic rings. The van der Waals surface area contributed by atoms with E-state index in [0.29, 0.717) is 0 Å². The van der Waals surface area contributed by atoms with Crippen LogP contribution in [-0.2, 0) is 20.1 Å². The number of benzene rings is 4. The Labute approximate surface area is 241 Å². The monoisotopic (exact) mass is 681 g/mol. The number of hydrogen-bond acceptors (Lipinski definition) is 3. The predicted molar refractivity (Wildman–Crippen MR) is 154 cm³/mol. The number of pyridine rings is 2. The average Bonchev–Trinajstić information content (AvgIpc) is 3.39.